The van der Waals surface area contributed by atoms with Gasteiger partial charge in [0, 0.05) is 50.5 Å². The molecule has 0 spiro atoms. The van der Waals surface area contributed by atoms with E-state index in [0.29, 0.717) is 17.3 Å². The highest BCUT2D eigenvalue weighted by Gasteiger charge is 2.23. The molecule has 0 amide bonds. The molecule has 27 heavy (non-hydrogen) atoms. The molecule has 1 saturated heterocycles. The highest BCUT2D eigenvalue weighted by atomic mass is 32.1. The van der Waals surface area contributed by atoms with Crippen molar-refractivity contribution in [3.63, 3.8) is 0 Å². The summed E-state index contributed by atoms with van der Waals surface area (Å²) in [7, 11) is 0. The number of hydrogen-bond acceptors (Lipinski definition) is 9. The highest BCUT2D eigenvalue weighted by molar-refractivity contribution is 7.15. The van der Waals surface area contributed by atoms with Gasteiger partial charge in [-0.1, -0.05) is 11.3 Å². The Bertz CT molecular complexity index is 904. The van der Waals surface area contributed by atoms with Crippen LogP contribution in [-0.4, -0.2) is 68.4 Å². The Morgan fingerprint density at radius 2 is 2.00 bits per heavy atom. The number of thiazole rings is 1. The van der Waals surface area contributed by atoms with Crippen LogP contribution in [0.1, 0.15) is 6.42 Å². The van der Waals surface area contributed by atoms with Crippen LogP contribution >= 0.6 is 11.3 Å². The smallest absolute Gasteiger partial charge is 0.363 e. The summed E-state index contributed by atoms with van der Waals surface area (Å²) in [5.41, 5.74) is 0. The number of rotatable bonds is 7. The summed E-state index contributed by atoms with van der Waals surface area (Å²) in [6.45, 7) is 5.30. The number of nitro groups is 1. The molecule has 4 heterocycles. The summed E-state index contributed by atoms with van der Waals surface area (Å²) in [4.78, 5) is 29.0. The van der Waals surface area contributed by atoms with E-state index < -0.39 is 0 Å². The third-order valence-corrected chi connectivity index (χ3v) is 5.32. The van der Waals surface area contributed by atoms with Gasteiger partial charge in [-0.15, -0.1) is 0 Å². The largest absolute Gasteiger partial charge is 0.372 e. The molecule has 0 aromatic carbocycles. The van der Waals surface area contributed by atoms with Gasteiger partial charge in [0.15, 0.2) is 0 Å². The molecule has 0 saturated carbocycles. The number of anilines is 2. The lowest BCUT2D eigenvalue weighted by atomic mass is 10.3. The van der Waals surface area contributed by atoms with E-state index in [-0.39, 0.29) is 10.7 Å². The minimum Gasteiger partial charge on any atom is -0.363 e. The Balaban J connectivity index is 1.24. The molecular weight excluding hydrogens is 368 g/mol. The molecule has 0 atom stereocenters. The van der Waals surface area contributed by atoms with E-state index in [2.05, 4.69) is 30.1 Å². The van der Waals surface area contributed by atoms with Crippen molar-refractivity contribution >= 4 is 33.9 Å². The normalized spacial score (nSPS) is 15.3. The predicted molar refractivity (Wildman–Crippen MR) is 104 cm³/mol. The zero-order valence-electron chi connectivity index (χ0n) is 14.7. The lowest BCUT2D eigenvalue weighted by molar-refractivity contribution is -0.389. The standard InChI is InChI=1S/C16H20N8O2S/c25-24(26)14-13(20-16-23(14)11-12-27-16)17-5-2-6-21-7-9-22(10-8-21)15-18-3-1-4-19-15/h1,3-4,11-12,17H,2,5-10H2. The summed E-state index contributed by atoms with van der Waals surface area (Å²) < 4.78 is 1.51. The second kappa shape index (κ2) is 7.84. The van der Waals surface area contributed by atoms with Crippen LogP contribution in [0.15, 0.2) is 30.0 Å². The maximum atomic E-state index is 11.3. The third kappa shape index (κ3) is 3.83. The molecule has 142 valence electrons. The van der Waals surface area contributed by atoms with Gasteiger partial charge < -0.3 is 20.3 Å². The molecule has 4 rings (SSSR count). The molecule has 11 heteroatoms. The van der Waals surface area contributed by atoms with E-state index in [1.54, 1.807) is 24.0 Å². The van der Waals surface area contributed by atoms with E-state index in [0.717, 1.165) is 45.1 Å². The number of aromatic nitrogens is 4. The Morgan fingerprint density at radius 1 is 1.22 bits per heavy atom. The van der Waals surface area contributed by atoms with Crippen molar-refractivity contribution in [1.82, 2.24) is 24.3 Å². The van der Waals surface area contributed by atoms with Crippen molar-refractivity contribution in [3.05, 3.63) is 40.2 Å². The van der Waals surface area contributed by atoms with Crippen LogP contribution in [0.4, 0.5) is 17.6 Å². The van der Waals surface area contributed by atoms with E-state index in [1.165, 1.54) is 15.7 Å². The van der Waals surface area contributed by atoms with Gasteiger partial charge >= 0.3 is 5.82 Å². The van der Waals surface area contributed by atoms with Crippen molar-refractivity contribution in [2.45, 2.75) is 6.42 Å². The summed E-state index contributed by atoms with van der Waals surface area (Å²) in [5, 5.41) is 16.2. The van der Waals surface area contributed by atoms with Crippen LogP contribution in [0.3, 0.4) is 0 Å². The monoisotopic (exact) mass is 388 g/mol. The SMILES string of the molecule is O=[N+]([O-])c1c(NCCCN2CCN(c3ncccn3)CC2)nc2sccn12. The van der Waals surface area contributed by atoms with Gasteiger partial charge in [0.05, 0.1) is 0 Å². The number of imidazole rings is 1. The van der Waals surface area contributed by atoms with Gasteiger partial charge in [0.25, 0.3) is 4.96 Å². The van der Waals surface area contributed by atoms with Crippen LogP contribution in [0, 0.1) is 10.1 Å². The summed E-state index contributed by atoms with van der Waals surface area (Å²) >= 11 is 1.38. The number of nitrogens with one attached hydrogen (secondary N) is 1. The summed E-state index contributed by atoms with van der Waals surface area (Å²) in [5.74, 6) is 1.13. The zero-order chi connectivity index (χ0) is 18.6. The average Bonchev–Trinajstić information content (AvgIpc) is 3.27. The lowest BCUT2D eigenvalue weighted by Crippen LogP contribution is -2.47. The first-order valence-corrected chi connectivity index (χ1v) is 9.68. The van der Waals surface area contributed by atoms with Crippen molar-refractivity contribution in [3.8, 4) is 0 Å². The second-order valence-electron chi connectivity index (χ2n) is 6.25. The lowest BCUT2D eigenvalue weighted by Gasteiger charge is -2.34. The Labute approximate surface area is 159 Å². The second-order valence-corrected chi connectivity index (χ2v) is 7.13. The third-order valence-electron chi connectivity index (χ3n) is 4.56. The van der Waals surface area contributed by atoms with Gasteiger partial charge in [-0.2, -0.15) is 9.38 Å². The van der Waals surface area contributed by atoms with Crippen LogP contribution in [0.25, 0.3) is 4.96 Å². The Hall–Kier alpha value is -2.79. The van der Waals surface area contributed by atoms with Gasteiger partial charge in [-0.3, -0.25) is 4.90 Å². The number of fused-ring (bicyclic) bond motifs is 1. The minimum atomic E-state index is -0.389. The molecule has 3 aromatic heterocycles. The molecule has 1 aliphatic heterocycles. The van der Waals surface area contributed by atoms with Crippen molar-refractivity contribution in [1.29, 1.82) is 0 Å². The molecule has 0 radical (unpaired) electrons. The maximum absolute atomic E-state index is 11.3. The highest BCUT2D eigenvalue weighted by Crippen LogP contribution is 2.27. The molecular formula is C16H20N8O2S. The van der Waals surface area contributed by atoms with Gasteiger partial charge in [-0.25, -0.2) is 9.97 Å². The van der Waals surface area contributed by atoms with Crippen LogP contribution in [0.2, 0.25) is 0 Å². The molecule has 1 aliphatic rings. The maximum Gasteiger partial charge on any atom is 0.372 e. The fraction of sp³-hybridized carbons (Fsp3) is 0.438. The predicted octanol–water partition coefficient (Wildman–Crippen LogP) is 1.72. The average molecular weight is 388 g/mol. The van der Waals surface area contributed by atoms with Gasteiger partial charge in [0.1, 0.15) is 6.20 Å². The van der Waals surface area contributed by atoms with E-state index in [9.17, 15) is 10.1 Å². The first-order valence-electron chi connectivity index (χ1n) is 8.80. The molecule has 1 fully saturated rings. The fourth-order valence-electron chi connectivity index (χ4n) is 3.20. The summed E-state index contributed by atoms with van der Waals surface area (Å²) in [6, 6.07) is 1.82. The van der Waals surface area contributed by atoms with Crippen LogP contribution in [-0.2, 0) is 0 Å². The topological polar surface area (TPSA) is 105 Å². The first-order chi connectivity index (χ1) is 13.2. The Morgan fingerprint density at radius 3 is 2.74 bits per heavy atom. The quantitative estimate of drug-likeness (QED) is 0.371. The van der Waals surface area contributed by atoms with Crippen molar-refractivity contribution in [2.24, 2.45) is 0 Å². The molecule has 0 unspecified atom stereocenters. The number of hydrogen-bond donors (Lipinski definition) is 1. The Kier molecular flexibility index (Phi) is 5.12. The van der Waals surface area contributed by atoms with E-state index >= 15 is 0 Å². The molecule has 0 aliphatic carbocycles. The van der Waals surface area contributed by atoms with Crippen LogP contribution in [0.5, 0.6) is 0 Å². The summed E-state index contributed by atoms with van der Waals surface area (Å²) in [6.07, 6.45) is 6.09. The first kappa shape index (κ1) is 17.6. The molecule has 10 nitrogen and oxygen atoms in total. The number of nitrogens with zero attached hydrogens (tertiary/aromatic N) is 7. The minimum absolute atomic E-state index is 0.00252. The van der Waals surface area contributed by atoms with Crippen molar-refractivity contribution in [2.75, 3.05) is 49.5 Å². The van der Waals surface area contributed by atoms with Crippen LogP contribution < -0.4 is 10.2 Å². The van der Waals surface area contributed by atoms with Gasteiger partial charge in [0.2, 0.25) is 11.8 Å². The van der Waals surface area contributed by atoms with Crippen molar-refractivity contribution < 1.29 is 4.92 Å². The van der Waals surface area contributed by atoms with E-state index in [4.69, 9.17) is 0 Å². The zero-order valence-corrected chi connectivity index (χ0v) is 15.5. The molecule has 0 bridgehead atoms. The fourth-order valence-corrected chi connectivity index (χ4v) is 3.91. The van der Waals surface area contributed by atoms with Gasteiger partial charge in [-0.05, 0) is 24.0 Å². The molecule has 3 aromatic rings. The van der Waals surface area contributed by atoms with E-state index in [1.807, 2.05) is 6.07 Å². The molecule has 1 N–H and O–H groups in total. The number of piperazine rings is 1.